The molecule has 0 aromatic carbocycles. The van der Waals surface area contributed by atoms with E-state index in [4.69, 9.17) is 4.74 Å². The molecule has 1 aromatic heterocycles. The number of halogens is 1. The summed E-state index contributed by atoms with van der Waals surface area (Å²) >= 11 is 3.59. The molecule has 0 bridgehead atoms. The highest BCUT2D eigenvalue weighted by Crippen LogP contribution is 2.33. The number of aromatic nitrogens is 2. The van der Waals surface area contributed by atoms with Gasteiger partial charge in [0.25, 0.3) is 0 Å². The normalized spacial score (nSPS) is 25.6. The topological polar surface area (TPSA) is 39.1 Å². The van der Waals surface area contributed by atoms with Gasteiger partial charge in [0.05, 0.1) is 34.6 Å². The van der Waals surface area contributed by atoms with E-state index in [1.807, 2.05) is 17.9 Å². The van der Waals surface area contributed by atoms with E-state index in [-0.39, 0.29) is 12.1 Å². The van der Waals surface area contributed by atoms with Crippen LogP contribution >= 0.6 is 15.9 Å². The van der Waals surface area contributed by atoms with Gasteiger partial charge < -0.3 is 10.1 Å². The molecule has 2 rings (SSSR count). The lowest BCUT2D eigenvalue weighted by Crippen LogP contribution is -2.34. The summed E-state index contributed by atoms with van der Waals surface area (Å²) in [5.74, 6) is 0. The van der Waals surface area contributed by atoms with Crippen LogP contribution in [0.5, 0.6) is 0 Å². The zero-order chi connectivity index (χ0) is 13.1. The molecule has 5 heteroatoms. The fourth-order valence-corrected chi connectivity index (χ4v) is 3.15. The number of nitrogens with zero attached hydrogens (tertiary/aromatic N) is 2. The quantitative estimate of drug-likeness (QED) is 0.908. The number of aryl methyl sites for hydroxylation is 1. The molecule has 3 atom stereocenters. The maximum Gasteiger partial charge on any atom is 0.0790 e. The molecule has 0 amide bonds. The van der Waals surface area contributed by atoms with Crippen LogP contribution < -0.4 is 5.32 Å². The first kappa shape index (κ1) is 14.0. The summed E-state index contributed by atoms with van der Waals surface area (Å²) in [6, 6.07) is 0.219. The van der Waals surface area contributed by atoms with E-state index in [1.54, 1.807) is 0 Å². The second kappa shape index (κ2) is 6.17. The van der Waals surface area contributed by atoms with Gasteiger partial charge in [-0.2, -0.15) is 5.10 Å². The molecule has 4 nitrogen and oxygen atoms in total. The smallest absolute Gasteiger partial charge is 0.0790 e. The summed E-state index contributed by atoms with van der Waals surface area (Å²) in [5.41, 5.74) is 1.18. The second-order valence-corrected chi connectivity index (χ2v) is 5.85. The zero-order valence-electron chi connectivity index (χ0n) is 11.3. The molecule has 0 spiro atoms. The SMILES string of the molecule is CCCNC(c1c(Br)cnn1C)C1CCC(C)O1. The maximum absolute atomic E-state index is 6.03. The molecule has 1 saturated heterocycles. The predicted octanol–water partition coefficient (Wildman–Crippen LogP) is 2.79. The van der Waals surface area contributed by atoms with E-state index >= 15 is 0 Å². The molecule has 1 aliphatic heterocycles. The van der Waals surface area contributed by atoms with Crippen molar-refractivity contribution in [3.63, 3.8) is 0 Å². The molecule has 18 heavy (non-hydrogen) atoms. The minimum atomic E-state index is 0.219. The van der Waals surface area contributed by atoms with Crippen LogP contribution in [0.2, 0.25) is 0 Å². The van der Waals surface area contributed by atoms with Crippen molar-refractivity contribution in [2.45, 2.75) is 51.4 Å². The molecular formula is C13H22BrN3O. The molecule has 3 unspecified atom stereocenters. The molecule has 2 heterocycles. The van der Waals surface area contributed by atoms with Gasteiger partial charge in [-0.05, 0) is 48.7 Å². The van der Waals surface area contributed by atoms with Crippen molar-refractivity contribution in [3.05, 3.63) is 16.4 Å². The minimum Gasteiger partial charge on any atom is -0.373 e. The molecule has 1 N–H and O–H groups in total. The van der Waals surface area contributed by atoms with Gasteiger partial charge in [-0.25, -0.2) is 0 Å². The van der Waals surface area contributed by atoms with Crippen molar-refractivity contribution in [3.8, 4) is 0 Å². The Bertz CT molecular complexity index is 374. The van der Waals surface area contributed by atoms with Crippen LogP contribution in [0.15, 0.2) is 10.7 Å². The number of rotatable bonds is 5. The molecule has 1 aliphatic rings. The molecule has 0 saturated carbocycles. The Morgan fingerprint density at radius 3 is 2.89 bits per heavy atom. The Morgan fingerprint density at radius 2 is 2.39 bits per heavy atom. The predicted molar refractivity (Wildman–Crippen MR) is 75.5 cm³/mol. The summed E-state index contributed by atoms with van der Waals surface area (Å²) in [6.45, 7) is 5.33. The number of ether oxygens (including phenoxy) is 1. The lowest BCUT2D eigenvalue weighted by molar-refractivity contribution is 0.0297. The van der Waals surface area contributed by atoms with Crippen molar-refractivity contribution in [2.24, 2.45) is 7.05 Å². The standard InChI is InChI=1S/C13H22BrN3O/c1-4-7-15-12(11-6-5-9(2)18-11)13-10(14)8-16-17(13)3/h8-9,11-12,15H,4-7H2,1-3H3. The van der Waals surface area contributed by atoms with Gasteiger partial charge in [-0.3, -0.25) is 4.68 Å². The molecule has 102 valence electrons. The van der Waals surface area contributed by atoms with E-state index in [9.17, 15) is 0 Å². The summed E-state index contributed by atoms with van der Waals surface area (Å²) in [6.07, 6.45) is 5.85. The summed E-state index contributed by atoms with van der Waals surface area (Å²) < 4.78 is 9.02. The first-order valence-electron chi connectivity index (χ1n) is 6.69. The monoisotopic (exact) mass is 315 g/mol. The summed E-state index contributed by atoms with van der Waals surface area (Å²) in [7, 11) is 1.99. The average Bonchev–Trinajstić information content (AvgIpc) is 2.90. The fraction of sp³-hybridized carbons (Fsp3) is 0.769. The van der Waals surface area contributed by atoms with E-state index in [0.29, 0.717) is 6.10 Å². The summed E-state index contributed by atoms with van der Waals surface area (Å²) in [5, 5.41) is 7.91. The highest BCUT2D eigenvalue weighted by molar-refractivity contribution is 9.10. The van der Waals surface area contributed by atoms with E-state index in [2.05, 4.69) is 40.2 Å². The molecule has 0 aliphatic carbocycles. The van der Waals surface area contributed by atoms with Crippen molar-refractivity contribution in [1.29, 1.82) is 0 Å². The van der Waals surface area contributed by atoms with Gasteiger partial charge >= 0.3 is 0 Å². The van der Waals surface area contributed by atoms with Crippen LogP contribution in [0.4, 0.5) is 0 Å². The molecule has 1 fully saturated rings. The van der Waals surface area contributed by atoms with Crippen molar-refractivity contribution < 1.29 is 4.74 Å². The third kappa shape index (κ3) is 2.95. The third-order valence-electron chi connectivity index (χ3n) is 3.48. The lowest BCUT2D eigenvalue weighted by Gasteiger charge is -2.25. The number of hydrogen-bond acceptors (Lipinski definition) is 3. The number of nitrogens with one attached hydrogen (secondary N) is 1. The highest BCUT2D eigenvalue weighted by Gasteiger charge is 2.33. The Morgan fingerprint density at radius 1 is 1.61 bits per heavy atom. The van der Waals surface area contributed by atoms with Crippen LogP contribution in [-0.2, 0) is 11.8 Å². The van der Waals surface area contributed by atoms with E-state index < -0.39 is 0 Å². The van der Waals surface area contributed by atoms with Crippen LogP contribution in [0.3, 0.4) is 0 Å². The Kier molecular flexibility index (Phi) is 4.81. The Balaban J connectivity index is 2.19. The second-order valence-electron chi connectivity index (χ2n) is 5.00. The van der Waals surface area contributed by atoms with Crippen LogP contribution in [0.1, 0.15) is 44.8 Å². The lowest BCUT2D eigenvalue weighted by atomic mass is 10.0. The van der Waals surface area contributed by atoms with E-state index in [0.717, 1.165) is 30.3 Å². The van der Waals surface area contributed by atoms with Gasteiger partial charge in [0.1, 0.15) is 0 Å². The molecule has 1 aromatic rings. The van der Waals surface area contributed by atoms with Crippen molar-refractivity contribution in [1.82, 2.24) is 15.1 Å². The first-order valence-corrected chi connectivity index (χ1v) is 7.49. The van der Waals surface area contributed by atoms with Crippen molar-refractivity contribution in [2.75, 3.05) is 6.54 Å². The molecule has 0 radical (unpaired) electrons. The van der Waals surface area contributed by atoms with Crippen LogP contribution in [0.25, 0.3) is 0 Å². The number of hydrogen-bond donors (Lipinski definition) is 1. The van der Waals surface area contributed by atoms with Gasteiger partial charge in [0.2, 0.25) is 0 Å². The van der Waals surface area contributed by atoms with E-state index in [1.165, 1.54) is 5.69 Å². The zero-order valence-corrected chi connectivity index (χ0v) is 12.9. The van der Waals surface area contributed by atoms with Gasteiger partial charge in [-0.15, -0.1) is 0 Å². The van der Waals surface area contributed by atoms with Crippen LogP contribution in [0, 0.1) is 0 Å². The van der Waals surface area contributed by atoms with Gasteiger partial charge in [0.15, 0.2) is 0 Å². The molecular weight excluding hydrogens is 294 g/mol. The largest absolute Gasteiger partial charge is 0.373 e. The third-order valence-corrected chi connectivity index (χ3v) is 4.09. The first-order chi connectivity index (χ1) is 8.63. The maximum atomic E-state index is 6.03. The fourth-order valence-electron chi connectivity index (χ4n) is 2.55. The summed E-state index contributed by atoms with van der Waals surface area (Å²) in [4.78, 5) is 0. The van der Waals surface area contributed by atoms with Crippen LogP contribution in [-0.4, -0.2) is 28.5 Å². The average molecular weight is 316 g/mol. The highest BCUT2D eigenvalue weighted by atomic mass is 79.9. The Hall–Kier alpha value is -0.390. The minimum absolute atomic E-state index is 0.219. The Labute approximate surface area is 117 Å². The van der Waals surface area contributed by atoms with Crippen molar-refractivity contribution >= 4 is 15.9 Å². The van der Waals surface area contributed by atoms with Gasteiger partial charge in [-0.1, -0.05) is 6.92 Å². The van der Waals surface area contributed by atoms with Gasteiger partial charge in [0, 0.05) is 7.05 Å².